The standard InChI is InChI=1S/C37H47N5O4/c1-24-16-28-30(38-21-24)19-37(2,3)20-31(28)39-22-33(43)29(17-25-10-5-4-6-11-25)40-35(45)26-18-32(41-15-9-14-34(41)44)36(46)42(23-26)27-12-7-8-13-27/h4-6,10-11,16,18,21,23,27,29,31,33,39,43H,7-9,12-15,17,19-20,22H2,1-3H3,(H,40,45)/t29-,31?,33+/m0/s1. The van der Waals surface area contributed by atoms with Crippen molar-refractivity contribution in [3.63, 3.8) is 0 Å². The second kappa shape index (κ2) is 13.5. The molecule has 1 unspecified atom stereocenters. The number of benzene rings is 1. The number of pyridine rings is 2. The quantitative estimate of drug-likeness (QED) is 0.298. The highest BCUT2D eigenvalue weighted by Crippen LogP contribution is 2.40. The Morgan fingerprint density at radius 2 is 1.87 bits per heavy atom. The van der Waals surface area contributed by atoms with Gasteiger partial charge in [0.2, 0.25) is 5.91 Å². The maximum absolute atomic E-state index is 14.0. The molecule has 2 aromatic heterocycles. The second-order valence-electron chi connectivity index (χ2n) is 14.3. The number of carbonyl (C=O) groups excluding carboxylic acids is 2. The number of fused-ring (bicyclic) bond motifs is 1. The van der Waals surface area contributed by atoms with Crippen molar-refractivity contribution in [3.05, 3.63) is 93.2 Å². The van der Waals surface area contributed by atoms with Crippen molar-refractivity contribution in [2.24, 2.45) is 5.41 Å². The van der Waals surface area contributed by atoms with Crippen molar-refractivity contribution in [1.29, 1.82) is 0 Å². The maximum atomic E-state index is 14.0. The van der Waals surface area contributed by atoms with Crippen molar-refractivity contribution < 1.29 is 14.7 Å². The van der Waals surface area contributed by atoms with Crippen molar-refractivity contribution in [2.45, 2.75) is 103 Å². The Labute approximate surface area is 271 Å². The van der Waals surface area contributed by atoms with Gasteiger partial charge in [0.15, 0.2) is 0 Å². The molecule has 9 nitrogen and oxygen atoms in total. The van der Waals surface area contributed by atoms with Crippen LogP contribution in [0.25, 0.3) is 0 Å². The average Bonchev–Trinajstić information content (AvgIpc) is 3.72. The fourth-order valence-corrected chi connectivity index (χ4v) is 7.51. The first-order valence-corrected chi connectivity index (χ1v) is 16.9. The van der Waals surface area contributed by atoms with Crippen LogP contribution in [0.1, 0.15) is 104 Å². The van der Waals surface area contributed by atoms with Gasteiger partial charge in [0, 0.05) is 49.7 Å². The zero-order valence-corrected chi connectivity index (χ0v) is 27.3. The Morgan fingerprint density at radius 1 is 1.11 bits per heavy atom. The van der Waals surface area contributed by atoms with E-state index >= 15 is 0 Å². The molecule has 2 aliphatic carbocycles. The van der Waals surface area contributed by atoms with Gasteiger partial charge in [0.05, 0.1) is 17.7 Å². The SMILES string of the molecule is Cc1cnc2c(c1)C(NC[C@@H](O)[C@H](Cc1ccccc1)NC(=O)c1cc(N3CCCC3=O)c(=O)n(C3CCCC3)c1)CC(C)(C)C2. The summed E-state index contributed by atoms with van der Waals surface area (Å²) in [5.41, 5.74) is 4.80. The lowest BCUT2D eigenvalue weighted by Gasteiger charge is -2.37. The van der Waals surface area contributed by atoms with E-state index in [0.717, 1.165) is 55.3 Å². The van der Waals surface area contributed by atoms with E-state index in [4.69, 9.17) is 4.98 Å². The van der Waals surface area contributed by atoms with Gasteiger partial charge in [-0.1, -0.05) is 63.1 Å². The third-order valence-corrected chi connectivity index (χ3v) is 9.94. The fourth-order valence-electron chi connectivity index (χ4n) is 7.51. The van der Waals surface area contributed by atoms with Gasteiger partial charge in [0.1, 0.15) is 5.69 Å². The normalized spacial score (nSPS) is 20.8. The van der Waals surface area contributed by atoms with Gasteiger partial charge < -0.3 is 25.2 Å². The van der Waals surface area contributed by atoms with E-state index in [2.05, 4.69) is 30.5 Å². The highest BCUT2D eigenvalue weighted by atomic mass is 16.3. The Kier molecular flexibility index (Phi) is 9.43. The van der Waals surface area contributed by atoms with Gasteiger partial charge in [-0.25, -0.2) is 0 Å². The summed E-state index contributed by atoms with van der Waals surface area (Å²) < 4.78 is 1.67. The average molecular weight is 626 g/mol. The summed E-state index contributed by atoms with van der Waals surface area (Å²) in [6, 6.07) is 13.0. The number of rotatable bonds is 10. The van der Waals surface area contributed by atoms with Gasteiger partial charge in [-0.05, 0) is 73.6 Å². The van der Waals surface area contributed by atoms with Crippen LogP contribution in [0.5, 0.6) is 0 Å². The smallest absolute Gasteiger partial charge is 0.274 e. The number of aromatic nitrogens is 2. The zero-order valence-electron chi connectivity index (χ0n) is 27.3. The maximum Gasteiger partial charge on any atom is 0.274 e. The lowest BCUT2D eigenvalue weighted by molar-refractivity contribution is -0.117. The van der Waals surface area contributed by atoms with E-state index in [9.17, 15) is 19.5 Å². The lowest BCUT2D eigenvalue weighted by Crippen LogP contribution is -2.50. The van der Waals surface area contributed by atoms with E-state index in [0.29, 0.717) is 31.4 Å². The molecule has 3 aromatic rings. The van der Waals surface area contributed by atoms with Crippen LogP contribution in [0.15, 0.2) is 59.7 Å². The van der Waals surface area contributed by atoms with Crippen LogP contribution in [-0.2, 0) is 17.6 Å². The van der Waals surface area contributed by atoms with Crippen LogP contribution < -0.4 is 21.1 Å². The molecule has 2 amide bonds. The monoisotopic (exact) mass is 625 g/mol. The zero-order chi connectivity index (χ0) is 32.4. The summed E-state index contributed by atoms with van der Waals surface area (Å²) >= 11 is 0. The molecular formula is C37H47N5O4. The molecule has 3 heterocycles. The van der Waals surface area contributed by atoms with Crippen LogP contribution in [0.3, 0.4) is 0 Å². The molecule has 1 aliphatic heterocycles. The molecule has 46 heavy (non-hydrogen) atoms. The van der Waals surface area contributed by atoms with Crippen molar-refractivity contribution >= 4 is 17.5 Å². The summed E-state index contributed by atoms with van der Waals surface area (Å²) in [5, 5.41) is 18.4. The summed E-state index contributed by atoms with van der Waals surface area (Å²) in [4.78, 5) is 46.6. The Morgan fingerprint density at radius 3 is 2.59 bits per heavy atom. The van der Waals surface area contributed by atoms with Crippen LogP contribution in [-0.4, -0.2) is 51.7 Å². The number of anilines is 1. The van der Waals surface area contributed by atoms with Crippen molar-refractivity contribution in [2.75, 3.05) is 18.0 Å². The van der Waals surface area contributed by atoms with E-state index in [1.807, 2.05) is 43.5 Å². The number of nitrogens with zero attached hydrogens (tertiary/aromatic N) is 3. The van der Waals surface area contributed by atoms with E-state index < -0.39 is 12.1 Å². The van der Waals surface area contributed by atoms with E-state index in [1.54, 1.807) is 16.8 Å². The molecule has 1 saturated carbocycles. The molecule has 6 rings (SSSR count). The van der Waals surface area contributed by atoms with E-state index in [1.165, 1.54) is 10.5 Å². The number of aliphatic hydroxyl groups excluding tert-OH is 1. The molecule has 3 atom stereocenters. The molecule has 1 saturated heterocycles. The van der Waals surface area contributed by atoms with Gasteiger partial charge in [-0.2, -0.15) is 0 Å². The first-order chi connectivity index (χ1) is 22.1. The third-order valence-electron chi connectivity index (χ3n) is 9.94. The van der Waals surface area contributed by atoms with Crippen LogP contribution in [0, 0.1) is 12.3 Å². The number of aliphatic hydroxyl groups is 1. The lowest BCUT2D eigenvalue weighted by atomic mass is 9.73. The first-order valence-electron chi connectivity index (χ1n) is 16.9. The van der Waals surface area contributed by atoms with Gasteiger partial charge in [-0.3, -0.25) is 19.4 Å². The first kappa shape index (κ1) is 32.1. The largest absolute Gasteiger partial charge is 0.390 e. The number of carbonyl (C=O) groups is 2. The summed E-state index contributed by atoms with van der Waals surface area (Å²) in [7, 11) is 0. The predicted molar refractivity (Wildman–Crippen MR) is 179 cm³/mol. The summed E-state index contributed by atoms with van der Waals surface area (Å²) in [5.74, 6) is -0.461. The molecule has 3 N–H and O–H groups in total. The Bertz CT molecular complexity index is 1630. The number of amides is 2. The van der Waals surface area contributed by atoms with Crippen LogP contribution in [0.2, 0.25) is 0 Å². The number of hydrogen-bond acceptors (Lipinski definition) is 6. The van der Waals surface area contributed by atoms with Gasteiger partial charge in [0.25, 0.3) is 11.5 Å². The molecule has 0 bridgehead atoms. The van der Waals surface area contributed by atoms with Crippen LogP contribution in [0.4, 0.5) is 5.69 Å². The number of aryl methyl sites for hydroxylation is 1. The minimum atomic E-state index is -0.893. The molecule has 0 radical (unpaired) electrons. The third kappa shape index (κ3) is 7.10. The Balaban J connectivity index is 1.26. The van der Waals surface area contributed by atoms with Crippen LogP contribution >= 0.6 is 0 Å². The predicted octanol–water partition coefficient (Wildman–Crippen LogP) is 4.80. The molecule has 2 fully saturated rings. The van der Waals surface area contributed by atoms with Crippen molar-refractivity contribution in [1.82, 2.24) is 20.2 Å². The molecular weight excluding hydrogens is 578 g/mol. The highest BCUT2D eigenvalue weighted by Gasteiger charge is 2.34. The van der Waals surface area contributed by atoms with Gasteiger partial charge >= 0.3 is 0 Å². The minimum absolute atomic E-state index is 0.00681. The van der Waals surface area contributed by atoms with Gasteiger partial charge in [-0.15, -0.1) is 0 Å². The topological polar surface area (TPSA) is 117 Å². The molecule has 3 aliphatic rings. The summed E-state index contributed by atoms with van der Waals surface area (Å²) in [6.07, 6.45) is 9.81. The second-order valence-corrected chi connectivity index (χ2v) is 14.3. The highest BCUT2D eigenvalue weighted by molar-refractivity contribution is 5.98. The Hall–Kier alpha value is -3.82. The number of hydrogen-bond donors (Lipinski definition) is 3. The van der Waals surface area contributed by atoms with Crippen molar-refractivity contribution in [3.8, 4) is 0 Å². The molecule has 244 valence electrons. The fraction of sp³-hybridized carbons (Fsp3) is 0.514. The van der Waals surface area contributed by atoms with E-state index in [-0.39, 0.29) is 47.1 Å². The molecule has 0 spiro atoms. The molecule has 9 heteroatoms. The summed E-state index contributed by atoms with van der Waals surface area (Å²) in [6.45, 7) is 7.29. The minimum Gasteiger partial charge on any atom is -0.390 e. The number of nitrogens with one attached hydrogen (secondary N) is 2. The molecule has 1 aromatic carbocycles.